The lowest BCUT2D eigenvalue weighted by molar-refractivity contribution is -0.117. The van der Waals surface area contributed by atoms with Gasteiger partial charge < -0.3 is 15.6 Å². The first-order chi connectivity index (χ1) is 11.7. The van der Waals surface area contributed by atoms with Crippen LogP contribution in [0.5, 0.6) is 0 Å². The Morgan fingerprint density at radius 3 is 2.79 bits per heavy atom. The molecular formula is C19H20N4O. The predicted molar refractivity (Wildman–Crippen MR) is 95.9 cm³/mol. The molecule has 1 aliphatic rings. The van der Waals surface area contributed by atoms with Gasteiger partial charge in [0.25, 0.3) is 0 Å². The maximum Gasteiger partial charge on any atom is 0.241 e. The topological polar surface area (TPSA) is 69.8 Å². The summed E-state index contributed by atoms with van der Waals surface area (Å²) in [6, 6.07) is 13.9. The summed E-state index contributed by atoms with van der Waals surface area (Å²) in [7, 11) is 0. The van der Waals surface area contributed by atoms with Crippen molar-refractivity contribution in [3.05, 3.63) is 48.0 Å². The third-order valence-electron chi connectivity index (χ3n) is 4.44. The molecule has 0 bridgehead atoms. The minimum Gasteiger partial charge on any atom is -0.338 e. The van der Waals surface area contributed by atoms with Gasteiger partial charge in [0.2, 0.25) is 5.91 Å². The monoisotopic (exact) mass is 320 g/mol. The summed E-state index contributed by atoms with van der Waals surface area (Å²) in [4.78, 5) is 20.1. The minimum atomic E-state index is -0.0664. The second-order valence-electron chi connectivity index (χ2n) is 6.32. The summed E-state index contributed by atoms with van der Waals surface area (Å²) in [5.41, 5.74) is 5.01. The Morgan fingerprint density at radius 1 is 1.21 bits per heavy atom. The van der Waals surface area contributed by atoms with Crippen molar-refractivity contribution < 1.29 is 4.79 Å². The number of hydrogen-bond donors (Lipinski definition) is 3. The zero-order valence-electron chi connectivity index (χ0n) is 13.6. The van der Waals surface area contributed by atoms with E-state index in [2.05, 4.69) is 39.7 Å². The number of hydrogen-bond acceptors (Lipinski definition) is 3. The van der Waals surface area contributed by atoms with Crippen LogP contribution in [0.15, 0.2) is 42.5 Å². The van der Waals surface area contributed by atoms with Crippen LogP contribution in [-0.4, -0.2) is 28.5 Å². The number of aromatic amines is 1. The first-order valence-corrected chi connectivity index (χ1v) is 8.30. The molecule has 1 unspecified atom stereocenters. The number of amides is 1. The number of nitrogens with zero attached hydrogens (tertiary/aromatic N) is 1. The molecule has 3 aromatic rings. The maximum absolute atomic E-state index is 12.1. The number of H-pyrrole nitrogens is 1. The average Bonchev–Trinajstić information content (AvgIpc) is 3.24. The van der Waals surface area contributed by atoms with Gasteiger partial charge >= 0.3 is 0 Å². The van der Waals surface area contributed by atoms with Crippen LogP contribution in [0.3, 0.4) is 0 Å². The van der Waals surface area contributed by atoms with Crippen LogP contribution in [-0.2, 0) is 4.79 Å². The molecule has 122 valence electrons. The largest absolute Gasteiger partial charge is 0.338 e. The van der Waals surface area contributed by atoms with Crippen molar-refractivity contribution >= 4 is 22.6 Å². The molecule has 1 atom stereocenters. The van der Waals surface area contributed by atoms with Crippen molar-refractivity contribution in [3.63, 3.8) is 0 Å². The van der Waals surface area contributed by atoms with Crippen molar-refractivity contribution in [1.29, 1.82) is 0 Å². The molecule has 1 saturated heterocycles. The van der Waals surface area contributed by atoms with E-state index in [1.807, 2.05) is 30.3 Å². The molecule has 24 heavy (non-hydrogen) atoms. The molecular weight excluding hydrogens is 300 g/mol. The van der Waals surface area contributed by atoms with E-state index in [4.69, 9.17) is 0 Å². The Labute approximate surface area is 140 Å². The van der Waals surface area contributed by atoms with Crippen LogP contribution in [0.4, 0.5) is 5.69 Å². The fourth-order valence-corrected chi connectivity index (χ4v) is 3.11. The van der Waals surface area contributed by atoms with Gasteiger partial charge in [0.1, 0.15) is 5.82 Å². The molecule has 4 rings (SSSR count). The number of carbonyl (C=O) groups excluding carboxylic acids is 1. The quantitative estimate of drug-likeness (QED) is 0.694. The van der Waals surface area contributed by atoms with Crippen LogP contribution in [0, 0.1) is 6.92 Å². The Morgan fingerprint density at radius 2 is 2.04 bits per heavy atom. The molecule has 2 aromatic carbocycles. The second kappa shape index (κ2) is 6.09. The van der Waals surface area contributed by atoms with Gasteiger partial charge in [-0.05, 0) is 68.3 Å². The van der Waals surface area contributed by atoms with Gasteiger partial charge in [-0.15, -0.1) is 0 Å². The molecule has 0 radical (unpaired) electrons. The zero-order valence-corrected chi connectivity index (χ0v) is 13.6. The van der Waals surface area contributed by atoms with Crippen LogP contribution in [0.25, 0.3) is 22.4 Å². The Kier molecular flexibility index (Phi) is 3.78. The van der Waals surface area contributed by atoms with E-state index < -0.39 is 0 Å². The summed E-state index contributed by atoms with van der Waals surface area (Å²) in [5, 5.41) is 6.17. The number of nitrogens with one attached hydrogen (secondary N) is 3. The number of aromatic nitrogens is 2. The molecule has 1 aliphatic heterocycles. The molecule has 5 heteroatoms. The maximum atomic E-state index is 12.1. The number of imidazole rings is 1. The Balaban J connectivity index is 1.53. The number of fused-ring (bicyclic) bond motifs is 1. The fraction of sp³-hybridized carbons (Fsp3) is 0.263. The van der Waals surface area contributed by atoms with Crippen molar-refractivity contribution in [2.24, 2.45) is 0 Å². The Hall–Kier alpha value is -2.66. The van der Waals surface area contributed by atoms with Gasteiger partial charge in [-0.25, -0.2) is 4.98 Å². The van der Waals surface area contributed by atoms with Gasteiger partial charge in [-0.1, -0.05) is 6.07 Å². The van der Waals surface area contributed by atoms with Gasteiger partial charge in [0, 0.05) is 11.3 Å². The van der Waals surface area contributed by atoms with Crippen molar-refractivity contribution in [3.8, 4) is 11.4 Å². The van der Waals surface area contributed by atoms with Crippen LogP contribution in [0.1, 0.15) is 18.4 Å². The smallest absolute Gasteiger partial charge is 0.241 e. The number of benzene rings is 2. The molecule has 1 fully saturated rings. The summed E-state index contributed by atoms with van der Waals surface area (Å²) in [6.45, 7) is 2.99. The number of aryl methyl sites for hydroxylation is 1. The minimum absolute atomic E-state index is 0.0412. The summed E-state index contributed by atoms with van der Waals surface area (Å²) in [5.74, 6) is 0.880. The molecule has 0 spiro atoms. The second-order valence-corrected chi connectivity index (χ2v) is 6.32. The van der Waals surface area contributed by atoms with Crippen molar-refractivity contribution in [1.82, 2.24) is 15.3 Å². The van der Waals surface area contributed by atoms with Gasteiger partial charge in [-0.2, -0.15) is 0 Å². The molecule has 1 aromatic heterocycles. The van der Waals surface area contributed by atoms with Crippen LogP contribution >= 0.6 is 0 Å². The van der Waals surface area contributed by atoms with E-state index in [0.717, 1.165) is 47.5 Å². The number of carbonyl (C=O) groups is 1. The molecule has 5 nitrogen and oxygen atoms in total. The van der Waals surface area contributed by atoms with E-state index in [-0.39, 0.29) is 11.9 Å². The lowest BCUT2D eigenvalue weighted by Gasteiger charge is -2.11. The molecule has 3 N–H and O–H groups in total. The first kappa shape index (κ1) is 14.9. The highest BCUT2D eigenvalue weighted by molar-refractivity contribution is 5.95. The normalized spacial score (nSPS) is 17.3. The predicted octanol–water partition coefficient (Wildman–Crippen LogP) is 3.23. The Bertz CT molecular complexity index is 876. The summed E-state index contributed by atoms with van der Waals surface area (Å²) >= 11 is 0. The number of anilines is 1. The first-order valence-electron chi connectivity index (χ1n) is 8.30. The average molecular weight is 320 g/mol. The highest BCUT2D eigenvalue weighted by Gasteiger charge is 2.21. The standard InChI is InChI=1S/C19H20N4O/c1-12-4-9-15-17(11-12)23-18(22-15)13-5-7-14(8-6-13)21-19(24)16-3-2-10-20-16/h4-9,11,16,20H,2-3,10H2,1H3,(H,21,24)(H,22,23). The van der Waals surface area contributed by atoms with Crippen molar-refractivity contribution in [2.45, 2.75) is 25.8 Å². The van der Waals surface area contributed by atoms with E-state index in [0.29, 0.717) is 0 Å². The van der Waals surface area contributed by atoms with Gasteiger partial charge in [0.15, 0.2) is 0 Å². The lowest BCUT2D eigenvalue weighted by atomic mass is 10.1. The summed E-state index contributed by atoms with van der Waals surface area (Å²) in [6.07, 6.45) is 1.96. The highest BCUT2D eigenvalue weighted by atomic mass is 16.2. The SMILES string of the molecule is Cc1ccc2nc(-c3ccc(NC(=O)C4CCCN4)cc3)[nH]c2c1. The third kappa shape index (κ3) is 2.90. The fourth-order valence-electron chi connectivity index (χ4n) is 3.11. The lowest BCUT2D eigenvalue weighted by Crippen LogP contribution is -2.35. The third-order valence-corrected chi connectivity index (χ3v) is 4.44. The van der Waals surface area contributed by atoms with Crippen LogP contribution in [0.2, 0.25) is 0 Å². The van der Waals surface area contributed by atoms with Crippen molar-refractivity contribution in [2.75, 3.05) is 11.9 Å². The molecule has 0 aliphatic carbocycles. The van der Waals surface area contributed by atoms with E-state index in [9.17, 15) is 4.79 Å². The van der Waals surface area contributed by atoms with E-state index in [1.54, 1.807) is 0 Å². The highest BCUT2D eigenvalue weighted by Crippen LogP contribution is 2.23. The van der Waals surface area contributed by atoms with Gasteiger partial charge in [-0.3, -0.25) is 4.79 Å². The molecule has 1 amide bonds. The summed E-state index contributed by atoms with van der Waals surface area (Å²) < 4.78 is 0. The van der Waals surface area contributed by atoms with Crippen LogP contribution < -0.4 is 10.6 Å². The molecule has 0 saturated carbocycles. The zero-order chi connectivity index (χ0) is 16.5. The van der Waals surface area contributed by atoms with E-state index in [1.165, 1.54) is 5.56 Å². The van der Waals surface area contributed by atoms with E-state index >= 15 is 0 Å². The van der Waals surface area contributed by atoms with Gasteiger partial charge in [0.05, 0.1) is 17.1 Å². The number of rotatable bonds is 3. The molecule has 2 heterocycles.